The minimum absolute atomic E-state index is 0.399. The SMILES string of the molecule is O=C(CCCCCCCCCCc1ccccc1)N1CCCCC1. The Labute approximate surface area is 148 Å². The summed E-state index contributed by atoms with van der Waals surface area (Å²) in [5.74, 6) is 0.399. The van der Waals surface area contributed by atoms with Gasteiger partial charge in [-0.3, -0.25) is 4.79 Å². The third-order valence-electron chi connectivity index (χ3n) is 5.16. The Morgan fingerprint density at radius 1 is 0.750 bits per heavy atom. The summed E-state index contributed by atoms with van der Waals surface area (Å²) in [4.78, 5) is 14.1. The molecule has 0 saturated carbocycles. The lowest BCUT2D eigenvalue weighted by atomic mass is 10.0. The third-order valence-corrected chi connectivity index (χ3v) is 5.16. The van der Waals surface area contributed by atoms with Crippen LogP contribution in [0.5, 0.6) is 0 Å². The van der Waals surface area contributed by atoms with E-state index in [9.17, 15) is 4.79 Å². The summed E-state index contributed by atoms with van der Waals surface area (Å²) in [5.41, 5.74) is 1.47. The summed E-state index contributed by atoms with van der Waals surface area (Å²) >= 11 is 0. The number of hydrogen-bond donors (Lipinski definition) is 0. The number of carbonyl (C=O) groups is 1. The summed E-state index contributed by atoms with van der Waals surface area (Å²) in [6.45, 7) is 2.00. The van der Waals surface area contributed by atoms with Crippen molar-refractivity contribution in [3.63, 3.8) is 0 Å². The molecule has 1 aliphatic heterocycles. The highest BCUT2D eigenvalue weighted by molar-refractivity contribution is 5.76. The largest absolute Gasteiger partial charge is 0.343 e. The lowest BCUT2D eigenvalue weighted by Gasteiger charge is -2.26. The van der Waals surface area contributed by atoms with E-state index >= 15 is 0 Å². The lowest BCUT2D eigenvalue weighted by Crippen LogP contribution is -2.35. The fourth-order valence-corrected chi connectivity index (χ4v) is 3.61. The zero-order valence-corrected chi connectivity index (χ0v) is 15.3. The molecule has 2 nitrogen and oxygen atoms in total. The van der Waals surface area contributed by atoms with Crippen molar-refractivity contribution in [1.82, 2.24) is 4.90 Å². The van der Waals surface area contributed by atoms with E-state index in [0.717, 1.165) is 25.9 Å². The molecule has 0 spiro atoms. The topological polar surface area (TPSA) is 20.3 Å². The molecular weight excluding hydrogens is 294 g/mol. The molecule has 0 radical (unpaired) electrons. The van der Waals surface area contributed by atoms with Gasteiger partial charge in [-0.1, -0.05) is 68.9 Å². The Hall–Kier alpha value is -1.31. The molecule has 2 rings (SSSR count). The van der Waals surface area contributed by atoms with Gasteiger partial charge in [-0.2, -0.15) is 0 Å². The second kappa shape index (κ2) is 12.1. The van der Waals surface area contributed by atoms with Crippen LogP contribution in [0.25, 0.3) is 0 Å². The predicted octanol–water partition coefficient (Wildman–Crippen LogP) is 5.75. The van der Waals surface area contributed by atoms with Crippen molar-refractivity contribution in [3.8, 4) is 0 Å². The second-order valence-corrected chi connectivity index (χ2v) is 7.26. The van der Waals surface area contributed by atoms with Gasteiger partial charge in [-0.25, -0.2) is 0 Å². The smallest absolute Gasteiger partial charge is 0.222 e. The molecule has 0 aromatic heterocycles. The van der Waals surface area contributed by atoms with E-state index in [4.69, 9.17) is 0 Å². The van der Waals surface area contributed by atoms with Gasteiger partial charge in [-0.05, 0) is 44.1 Å². The molecule has 1 amide bonds. The van der Waals surface area contributed by atoms with Crippen LogP contribution in [0.15, 0.2) is 30.3 Å². The van der Waals surface area contributed by atoms with Gasteiger partial charge in [0.15, 0.2) is 0 Å². The number of unbranched alkanes of at least 4 members (excludes halogenated alkanes) is 7. The number of nitrogens with zero attached hydrogens (tertiary/aromatic N) is 1. The predicted molar refractivity (Wildman–Crippen MR) is 102 cm³/mol. The molecule has 1 aliphatic rings. The van der Waals surface area contributed by atoms with E-state index in [-0.39, 0.29) is 0 Å². The van der Waals surface area contributed by atoms with Crippen molar-refractivity contribution >= 4 is 5.91 Å². The number of piperidine rings is 1. The molecular formula is C22H35NO. The second-order valence-electron chi connectivity index (χ2n) is 7.26. The first-order valence-electron chi connectivity index (χ1n) is 10.2. The van der Waals surface area contributed by atoms with Crippen LogP contribution in [0, 0.1) is 0 Å². The normalized spacial score (nSPS) is 14.8. The molecule has 134 valence electrons. The highest BCUT2D eigenvalue weighted by atomic mass is 16.2. The Morgan fingerprint density at radius 2 is 1.33 bits per heavy atom. The highest BCUT2D eigenvalue weighted by Crippen LogP contribution is 2.14. The van der Waals surface area contributed by atoms with Crippen molar-refractivity contribution < 1.29 is 4.79 Å². The lowest BCUT2D eigenvalue weighted by molar-refractivity contribution is -0.132. The molecule has 2 heteroatoms. The molecule has 1 aromatic carbocycles. The van der Waals surface area contributed by atoms with Crippen molar-refractivity contribution in [2.24, 2.45) is 0 Å². The molecule has 0 aliphatic carbocycles. The zero-order chi connectivity index (χ0) is 16.9. The highest BCUT2D eigenvalue weighted by Gasteiger charge is 2.15. The number of amides is 1. The van der Waals surface area contributed by atoms with Crippen LogP contribution in [-0.4, -0.2) is 23.9 Å². The molecule has 0 unspecified atom stereocenters. The first-order chi connectivity index (χ1) is 11.9. The maximum atomic E-state index is 12.0. The van der Waals surface area contributed by atoms with Gasteiger partial charge in [0.05, 0.1) is 0 Å². The molecule has 24 heavy (non-hydrogen) atoms. The van der Waals surface area contributed by atoms with Gasteiger partial charge in [0.25, 0.3) is 0 Å². The van der Waals surface area contributed by atoms with Gasteiger partial charge in [0.1, 0.15) is 0 Å². The van der Waals surface area contributed by atoms with E-state index < -0.39 is 0 Å². The fraction of sp³-hybridized carbons (Fsp3) is 0.682. The number of hydrogen-bond acceptors (Lipinski definition) is 1. The van der Waals surface area contributed by atoms with E-state index in [2.05, 4.69) is 35.2 Å². The number of carbonyl (C=O) groups excluding carboxylic acids is 1. The van der Waals surface area contributed by atoms with Crippen LogP contribution in [0.1, 0.15) is 82.6 Å². The molecule has 1 aromatic rings. The van der Waals surface area contributed by atoms with Gasteiger partial charge < -0.3 is 4.90 Å². The molecule has 0 atom stereocenters. The number of likely N-dealkylation sites (tertiary alicyclic amines) is 1. The van der Waals surface area contributed by atoms with E-state index in [1.165, 1.54) is 76.2 Å². The molecule has 0 bridgehead atoms. The number of aryl methyl sites for hydroxylation is 1. The Bertz CT molecular complexity index is 437. The van der Waals surface area contributed by atoms with E-state index in [1.54, 1.807) is 0 Å². The standard InChI is InChI=1S/C22H35NO/c24-22(23-19-13-8-14-20-23)18-12-6-4-2-1-3-5-9-15-21-16-10-7-11-17-21/h7,10-11,16-17H,1-6,8-9,12-15,18-20H2. The van der Waals surface area contributed by atoms with Crippen LogP contribution in [0.4, 0.5) is 0 Å². The Balaban J connectivity index is 1.36. The van der Waals surface area contributed by atoms with Gasteiger partial charge >= 0.3 is 0 Å². The first-order valence-corrected chi connectivity index (χ1v) is 10.2. The summed E-state index contributed by atoms with van der Waals surface area (Å²) in [5, 5.41) is 0. The van der Waals surface area contributed by atoms with Crippen molar-refractivity contribution in [2.45, 2.75) is 83.5 Å². The first kappa shape index (κ1) is 19.0. The minimum Gasteiger partial charge on any atom is -0.343 e. The van der Waals surface area contributed by atoms with Gasteiger partial charge in [0, 0.05) is 19.5 Å². The maximum Gasteiger partial charge on any atom is 0.222 e. The number of rotatable bonds is 11. The average molecular weight is 330 g/mol. The van der Waals surface area contributed by atoms with Gasteiger partial charge in [-0.15, -0.1) is 0 Å². The van der Waals surface area contributed by atoms with Crippen molar-refractivity contribution in [1.29, 1.82) is 0 Å². The van der Waals surface area contributed by atoms with Crippen LogP contribution in [-0.2, 0) is 11.2 Å². The summed E-state index contributed by atoms with van der Waals surface area (Å²) < 4.78 is 0. The van der Waals surface area contributed by atoms with Gasteiger partial charge in [0.2, 0.25) is 5.91 Å². The Morgan fingerprint density at radius 3 is 2.00 bits per heavy atom. The van der Waals surface area contributed by atoms with Crippen molar-refractivity contribution in [2.75, 3.05) is 13.1 Å². The fourth-order valence-electron chi connectivity index (χ4n) is 3.61. The van der Waals surface area contributed by atoms with Crippen LogP contribution >= 0.6 is 0 Å². The van der Waals surface area contributed by atoms with E-state index in [1.807, 2.05) is 0 Å². The minimum atomic E-state index is 0.399. The van der Waals surface area contributed by atoms with E-state index in [0.29, 0.717) is 5.91 Å². The number of benzene rings is 1. The summed E-state index contributed by atoms with van der Waals surface area (Å²) in [6.07, 6.45) is 16.0. The molecule has 1 heterocycles. The van der Waals surface area contributed by atoms with Crippen LogP contribution in [0.2, 0.25) is 0 Å². The van der Waals surface area contributed by atoms with Crippen LogP contribution < -0.4 is 0 Å². The third kappa shape index (κ3) is 7.99. The summed E-state index contributed by atoms with van der Waals surface area (Å²) in [6, 6.07) is 10.8. The summed E-state index contributed by atoms with van der Waals surface area (Å²) in [7, 11) is 0. The monoisotopic (exact) mass is 329 g/mol. The molecule has 1 saturated heterocycles. The van der Waals surface area contributed by atoms with Crippen molar-refractivity contribution in [3.05, 3.63) is 35.9 Å². The average Bonchev–Trinajstić information content (AvgIpc) is 2.64. The van der Waals surface area contributed by atoms with Crippen LogP contribution in [0.3, 0.4) is 0 Å². The quantitative estimate of drug-likeness (QED) is 0.473. The maximum absolute atomic E-state index is 12.0. The molecule has 1 fully saturated rings. The Kier molecular flexibility index (Phi) is 9.60. The zero-order valence-electron chi connectivity index (χ0n) is 15.3. The molecule has 0 N–H and O–H groups in total.